The first-order valence-corrected chi connectivity index (χ1v) is 13.4. The van der Waals surface area contributed by atoms with E-state index in [1.54, 1.807) is 36.4 Å². The van der Waals surface area contributed by atoms with E-state index in [1.807, 2.05) is 19.9 Å². The number of hydrogen-bond acceptors (Lipinski definition) is 4. The van der Waals surface area contributed by atoms with Crippen molar-refractivity contribution in [1.29, 1.82) is 0 Å². The van der Waals surface area contributed by atoms with Gasteiger partial charge in [-0.1, -0.05) is 43.1 Å². The van der Waals surface area contributed by atoms with Crippen molar-refractivity contribution in [2.75, 3.05) is 11.4 Å². The first kappa shape index (κ1) is 25.3. The SMILES string of the molecule is CCC1Cc2ccc(OCc3c(F)cccc3Cl)cc2N(S(=O)(=O)c2ccc(C)c(OC)c2)C1C. The van der Waals surface area contributed by atoms with Crippen LogP contribution in [0.15, 0.2) is 59.5 Å². The second-order valence-electron chi connectivity index (χ2n) is 8.82. The first-order valence-electron chi connectivity index (χ1n) is 11.5. The topological polar surface area (TPSA) is 55.8 Å². The lowest BCUT2D eigenvalue weighted by Gasteiger charge is -2.41. The quantitative estimate of drug-likeness (QED) is 0.357. The maximum absolute atomic E-state index is 14.2. The Hall–Kier alpha value is -2.77. The van der Waals surface area contributed by atoms with Gasteiger partial charge in [0.25, 0.3) is 10.0 Å². The van der Waals surface area contributed by atoms with Gasteiger partial charge in [-0.25, -0.2) is 12.8 Å². The van der Waals surface area contributed by atoms with E-state index in [2.05, 4.69) is 6.92 Å². The molecule has 0 bridgehead atoms. The summed E-state index contributed by atoms with van der Waals surface area (Å²) < 4.78 is 54.8. The smallest absolute Gasteiger partial charge is 0.264 e. The Kier molecular flexibility index (Phi) is 7.29. The van der Waals surface area contributed by atoms with Crippen LogP contribution in [0.4, 0.5) is 10.1 Å². The van der Waals surface area contributed by atoms with Gasteiger partial charge in [-0.3, -0.25) is 4.31 Å². The molecule has 1 aliphatic rings. The fourth-order valence-corrected chi connectivity index (χ4v) is 6.59. The average Bonchev–Trinajstić information content (AvgIpc) is 2.83. The molecule has 186 valence electrons. The number of aryl methyl sites for hydroxylation is 1. The molecule has 2 atom stereocenters. The van der Waals surface area contributed by atoms with E-state index >= 15 is 0 Å². The summed E-state index contributed by atoms with van der Waals surface area (Å²) in [4.78, 5) is 0.166. The zero-order valence-electron chi connectivity index (χ0n) is 20.2. The first-order chi connectivity index (χ1) is 16.7. The van der Waals surface area contributed by atoms with E-state index in [-0.39, 0.29) is 34.0 Å². The van der Waals surface area contributed by atoms with Crippen LogP contribution in [0.5, 0.6) is 11.5 Å². The van der Waals surface area contributed by atoms with Gasteiger partial charge in [0.15, 0.2) is 0 Å². The lowest BCUT2D eigenvalue weighted by molar-refractivity contribution is 0.299. The summed E-state index contributed by atoms with van der Waals surface area (Å²) in [6.45, 7) is 5.81. The summed E-state index contributed by atoms with van der Waals surface area (Å²) in [6, 6.07) is 14.5. The number of hydrogen-bond donors (Lipinski definition) is 0. The molecule has 0 saturated carbocycles. The third kappa shape index (κ3) is 4.84. The van der Waals surface area contributed by atoms with E-state index in [9.17, 15) is 12.8 Å². The minimum Gasteiger partial charge on any atom is -0.496 e. The van der Waals surface area contributed by atoms with Crippen LogP contribution in [0.3, 0.4) is 0 Å². The summed E-state index contributed by atoms with van der Waals surface area (Å²) in [6.07, 6.45) is 1.60. The molecule has 0 saturated heterocycles. The summed E-state index contributed by atoms with van der Waals surface area (Å²) in [5.74, 6) is 0.662. The number of benzene rings is 3. The zero-order valence-corrected chi connectivity index (χ0v) is 21.8. The Morgan fingerprint density at radius 1 is 1.14 bits per heavy atom. The number of methoxy groups -OCH3 is 1. The van der Waals surface area contributed by atoms with Gasteiger partial charge in [0.2, 0.25) is 0 Å². The standard InChI is InChI=1S/C27H29ClFNO4S/c1-5-19-13-20-10-11-21(34-16-23-24(28)7-6-8-25(23)29)14-26(20)30(18(19)3)35(31,32)22-12-9-17(2)27(15-22)33-4/h6-12,14-15,18-19H,5,13,16H2,1-4H3. The predicted molar refractivity (Wildman–Crippen MR) is 137 cm³/mol. The van der Waals surface area contributed by atoms with Crippen LogP contribution in [0.25, 0.3) is 0 Å². The van der Waals surface area contributed by atoms with Gasteiger partial charge in [-0.15, -0.1) is 0 Å². The molecular weight excluding hydrogens is 489 g/mol. The molecule has 5 nitrogen and oxygen atoms in total. The molecule has 3 aromatic rings. The number of sulfonamides is 1. The summed E-state index contributed by atoms with van der Waals surface area (Å²) >= 11 is 6.13. The molecule has 0 amide bonds. The summed E-state index contributed by atoms with van der Waals surface area (Å²) in [5.41, 5.74) is 2.60. The van der Waals surface area contributed by atoms with E-state index in [0.29, 0.717) is 17.2 Å². The fourth-order valence-electron chi connectivity index (χ4n) is 4.61. The second kappa shape index (κ2) is 10.1. The second-order valence-corrected chi connectivity index (χ2v) is 11.0. The molecular formula is C27H29ClFNO4S. The van der Waals surface area contributed by atoms with E-state index in [1.165, 1.54) is 23.5 Å². The molecule has 0 N–H and O–H groups in total. The molecule has 0 radical (unpaired) electrons. The molecule has 0 aromatic heterocycles. The lowest BCUT2D eigenvalue weighted by Crippen LogP contribution is -2.46. The number of nitrogens with zero attached hydrogens (tertiary/aromatic N) is 1. The van der Waals surface area contributed by atoms with Gasteiger partial charge >= 0.3 is 0 Å². The highest BCUT2D eigenvalue weighted by Crippen LogP contribution is 2.41. The number of ether oxygens (including phenoxy) is 2. The lowest BCUT2D eigenvalue weighted by atomic mass is 9.86. The molecule has 1 heterocycles. The zero-order chi connectivity index (χ0) is 25.3. The highest BCUT2D eigenvalue weighted by molar-refractivity contribution is 7.92. The molecule has 4 rings (SSSR count). The third-order valence-electron chi connectivity index (χ3n) is 6.73. The molecule has 8 heteroatoms. The van der Waals surface area contributed by atoms with Gasteiger partial charge in [-0.05, 0) is 61.6 Å². The van der Waals surface area contributed by atoms with Crippen LogP contribution in [0, 0.1) is 18.7 Å². The largest absolute Gasteiger partial charge is 0.496 e. The van der Waals surface area contributed by atoms with Crippen LogP contribution >= 0.6 is 11.6 Å². The Morgan fingerprint density at radius 3 is 2.60 bits per heavy atom. The van der Waals surface area contributed by atoms with E-state index in [0.717, 1.165) is 24.0 Å². The Bertz CT molecular complexity index is 1320. The molecule has 3 aromatic carbocycles. The Morgan fingerprint density at radius 2 is 1.91 bits per heavy atom. The van der Waals surface area contributed by atoms with Crippen molar-refractivity contribution in [2.24, 2.45) is 5.92 Å². The Labute approximate surface area is 211 Å². The van der Waals surface area contributed by atoms with Crippen LogP contribution in [0.1, 0.15) is 37.0 Å². The number of rotatable bonds is 7. The third-order valence-corrected chi connectivity index (χ3v) is 8.98. The summed E-state index contributed by atoms with van der Waals surface area (Å²) in [5, 5.41) is 0.278. The maximum Gasteiger partial charge on any atom is 0.264 e. The van der Waals surface area contributed by atoms with Crippen molar-refractivity contribution in [1.82, 2.24) is 0 Å². The van der Waals surface area contributed by atoms with Crippen molar-refractivity contribution >= 4 is 27.3 Å². The van der Waals surface area contributed by atoms with Gasteiger partial charge in [0, 0.05) is 23.7 Å². The molecule has 1 aliphatic heterocycles. The van der Waals surface area contributed by atoms with Crippen molar-refractivity contribution in [2.45, 2.75) is 51.2 Å². The minimum absolute atomic E-state index is 0.0701. The van der Waals surface area contributed by atoms with Crippen LogP contribution in [-0.4, -0.2) is 21.6 Å². The number of fused-ring (bicyclic) bond motifs is 1. The molecule has 2 unspecified atom stereocenters. The fraction of sp³-hybridized carbons (Fsp3) is 0.333. The monoisotopic (exact) mass is 517 g/mol. The van der Waals surface area contributed by atoms with Crippen molar-refractivity contribution in [3.05, 3.63) is 82.1 Å². The number of halogens is 2. The molecule has 0 fully saturated rings. The normalized spacial score (nSPS) is 17.7. The minimum atomic E-state index is -3.90. The van der Waals surface area contributed by atoms with Crippen LogP contribution in [-0.2, 0) is 23.1 Å². The Balaban J connectivity index is 1.74. The van der Waals surface area contributed by atoms with E-state index in [4.69, 9.17) is 21.1 Å². The van der Waals surface area contributed by atoms with Crippen LogP contribution in [0.2, 0.25) is 5.02 Å². The van der Waals surface area contributed by atoms with Gasteiger partial charge in [0.05, 0.1) is 22.7 Å². The molecule has 0 aliphatic carbocycles. The van der Waals surface area contributed by atoms with Gasteiger partial charge in [-0.2, -0.15) is 0 Å². The van der Waals surface area contributed by atoms with Gasteiger partial charge < -0.3 is 9.47 Å². The van der Waals surface area contributed by atoms with Crippen molar-refractivity contribution in [3.63, 3.8) is 0 Å². The predicted octanol–water partition coefficient (Wildman–Crippen LogP) is 6.54. The van der Waals surface area contributed by atoms with Crippen LogP contribution < -0.4 is 13.8 Å². The highest BCUT2D eigenvalue weighted by atomic mass is 35.5. The summed E-state index contributed by atoms with van der Waals surface area (Å²) in [7, 11) is -2.37. The van der Waals surface area contributed by atoms with Crippen molar-refractivity contribution in [3.8, 4) is 11.5 Å². The highest BCUT2D eigenvalue weighted by Gasteiger charge is 2.38. The number of anilines is 1. The average molecular weight is 518 g/mol. The van der Waals surface area contributed by atoms with E-state index < -0.39 is 15.8 Å². The van der Waals surface area contributed by atoms with Crippen molar-refractivity contribution < 1.29 is 22.3 Å². The molecule has 0 spiro atoms. The maximum atomic E-state index is 14.2. The molecule has 35 heavy (non-hydrogen) atoms. The van der Waals surface area contributed by atoms with Gasteiger partial charge in [0.1, 0.15) is 23.9 Å².